The highest BCUT2D eigenvalue weighted by atomic mass is 35.5. The molecule has 0 spiro atoms. The Labute approximate surface area is 145 Å². The van der Waals surface area contributed by atoms with Crippen LogP contribution >= 0.6 is 22.9 Å². The number of anilines is 1. The van der Waals surface area contributed by atoms with Crippen LogP contribution in [0.3, 0.4) is 0 Å². The maximum Gasteiger partial charge on any atom is 0.257 e. The molecule has 2 aromatic heterocycles. The molecule has 2 heterocycles. The van der Waals surface area contributed by atoms with Gasteiger partial charge < -0.3 is 4.74 Å². The molecule has 0 saturated heterocycles. The van der Waals surface area contributed by atoms with E-state index < -0.39 is 12.6 Å². The standard InChI is InChI=1S/C15H10ClFN4O2S/c16-10-1-9(14(22)21-15-20-11(4-17)7-24-15)2-12(3-10)23-13-5-18-8-19-6-13/h1-3,5-8H,4H2,(H,20,21,22). The van der Waals surface area contributed by atoms with Gasteiger partial charge in [-0.05, 0) is 18.2 Å². The van der Waals surface area contributed by atoms with E-state index in [1.54, 1.807) is 6.07 Å². The van der Waals surface area contributed by atoms with Gasteiger partial charge in [0.1, 0.15) is 18.8 Å². The maximum atomic E-state index is 12.5. The fourth-order valence-corrected chi connectivity index (χ4v) is 2.73. The molecular weight excluding hydrogens is 355 g/mol. The molecule has 3 rings (SSSR count). The van der Waals surface area contributed by atoms with Crippen LogP contribution < -0.4 is 10.1 Å². The predicted octanol–water partition coefficient (Wildman–Crippen LogP) is 4.10. The lowest BCUT2D eigenvalue weighted by Gasteiger charge is -2.08. The molecule has 1 amide bonds. The molecule has 6 nitrogen and oxygen atoms in total. The third-order valence-electron chi connectivity index (χ3n) is 2.82. The molecule has 1 N–H and O–H groups in total. The fraction of sp³-hybridized carbons (Fsp3) is 0.0667. The Kier molecular flexibility index (Phi) is 4.97. The first kappa shape index (κ1) is 16.3. The van der Waals surface area contributed by atoms with E-state index in [0.717, 1.165) is 11.3 Å². The van der Waals surface area contributed by atoms with Crippen LogP contribution in [0.15, 0.2) is 42.3 Å². The third-order valence-corrected chi connectivity index (χ3v) is 3.84. The van der Waals surface area contributed by atoms with Gasteiger partial charge in [0, 0.05) is 16.0 Å². The SMILES string of the molecule is O=C(Nc1nc(CF)cs1)c1cc(Cl)cc(Oc2cncnc2)c1. The van der Waals surface area contributed by atoms with E-state index in [4.69, 9.17) is 16.3 Å². The number of nitrogens with zero attached hydrogens (tertiary/aromatic N) is 3. The van der Waals surface area contributed by atoms with Crippen LogP contribution in [-0.4, -0.2) is 20.9 Å². The van der Waals surface area contributed by atoms with Gasteiger partial charge in [-0.15, -0.1) is 11.3 Å². The highest BCUT2D eigenvalue weighted by Crippen LogP contribution is 2.26. The molecule has 0 unspecified atom stereocenters. The molecule has 0 bridgehead atoms. The van der Waals surface area contributed by atoms with E-state index in [1.165, 1.54) is 36.2 Å². The number of rotatable bonds is 5. The van der Waals surface area contributed by atoms with E-state index in [9.17, 15) is 9.18 Å². The second-order valence-electron chi connectivity index (χ2n) is 4.58. The average Bonchev–Trinajstić information content (AvgIpc) is 3.03. The zero-order valence-corrected chi connectivity index (χ0v) is 13.6. The van der Waals surface area contributed by atoms with Crippen molar-refractivity contribution < 1.29 is 13.9 Å². The summed E-state index contributed by atoms with van der Waals surface area (Å²) in [5.74, 6) is 0.357. The quantitative estimate of drug-likeness (QED) is 0.737. The third kappa shape index (κ3) is 4.03. The van der Waals surface area contributed by atoms with Crippen LogP contribution in [0.5, 0.6) is 11.5 Å². The predicted molar refractivity (Wildman–Crippen MR) is 88.4 cm³/mol. The van der Waals surface area contributed by atoms with Crippen molar-refractivity contribution in [1.82, 2.24) is 15.0 Å². The zero-order valence-electron chi connectivity index (χ0n) is 12.1. The molecule has 122 valence electrons. The van der Waals surface area contributed by atoms with Crippen molar-refractivity contribution in [3.8, 4) is 11.5 Å². The summed E-state index contributed by atoms with van der Waals surface area (Å²) in [5.41, 5.74) is 0.556. The summed E-state index contributed by atoms with van der Waals surface area (Å²) < 4.78 is 18.1. The van der Waals surface area contributed by atoms with Gasteiger partial charge in [0.15, 0.2) is 10.9 Å². The van der Waals surface area contributed by atoms with Crippen molar-refractivity contribution in [3.63, 3.8) is 0 Å². The summed E-state index contributed by atoms with van der Waals surface area (Å²) in [4.78, 5) is 23.9. The Balaban J connectivity index is 1.78. The number of thiazole rings is 1. The molecule has 24 heavy (non-hydrogen) atoms. The van der Waals surface area contributed by atoms with Gasteiger partial charge in [-0.3, -0.25) is 10.1 Å². The smallest absolute Gasteiger partial charge is 0.257 e. The first-order valence-corrected chi connectivity index (χ1v) is 7.95. The van der Waals surface area contributed by atoms with E-state index in [0.29, 0.717) is 21.7 Å². The van der Waals surface area contributed by atoms with Crippen LogP contribution in [-0.2, 0) is 6.67 Å². The molecule has 0 fully saturated rings. The van der Waals surface area contributed by atoms with Crippen molar-refractivity contribution >= 4 is 34.0 Å². The fourth-order valence-electron chi connectivity index (χ4n) is 1.82. The first-order valence-electron chi connectivity index (χ1n) is 6.69. The van der Waals surface area contributed by atoms with Gasteiger partial charge in [0.05, 0.1) is 18.1 Å². The number of benzene rings is 1. The minimum absolute atomic E-state index is 0.273. The van der Waals surface area contributed by atoms with Gasteiger partial charge in [0.25, 0.3) is 5.91 Å². The van der Waals surface area contributed by atoms with E-state index in [2.05, 4.69) is 20.3 Å². The first-order chi connectivity index (χ1) is 11.6. The number of hydrogen-bond acceptors (Lipinski definition) is 6. The van der Waals surface area contributed by atoms with Crippen LogP contribution in [0.2, 0.25) is 5.02 Å². The summed E-state index contributed by atoms with van der Waals surface area (Å²) in [6, 6.07) is 4.59. The van der Waals surface area contributed by atoms with Crippen LogP contribution in [0.4, 0.5) is 9.52 Å². The topological polar surface area (TPSA) is 77.0 Å². The Morgan fingerprint density at radius 1 is 1.25 bits per heavy atom. The molecule has 0 aliphatic rings. The minimum atomic E-state index is -0.680. The lowest BCUT2D eigenvalue weighted by Crippen LogP contribution is -2.11. The number of nitrogens with one attached hydrogen (secondary N) is 1. The molecule has 0 atom stereocenters. The number of alkyl halides is 1. The van der Waals surface area contributed by atoms with Gasteiger partial charge in [0.2, 0.25) is 0 Å². The number of aromatic nitrogens is 3. The van der Waals surface area contributed by atoms with E-state index in [1.807, 2.05) is 0 Å². The second kappa shape index (κ2) is 7.33. The number of amides is 1. The van der Waals surface area contributed by atoms with Crippen molar-refractivity contribution in [2.75, 3.05) is 5.32 Å². The largest absolute Gasteiger partial charge is 0.454 e. The lowest BCUT2D eigenvalue weighted by atomic mass is 10.2. The summed E-state index contributed by atoms with van der Waals surface area (Å²) in [7, 11) is 0. The van der Waals surface area contributed by atoms with Gasteiger partial charge >= 0.3 is 0 Å². The van der Waals surface area contributed by atoms with Crippen LogP contribution in [0.1, 0.15) is 16.1 Å². The summed E-state index contributed by atoms with van der Waals surface area (Å²) in [6.07, 6.45) is 4.35. The van der Waals surface area contributed by atoms with E-state index >= 15 is 0 Å². The van der Waals surface area contributed by atoms with Crippen molar-refractivity contribution in [3.05, 3.63) is 58.6 Å². The molecule has 0 saturated carbocycles. The number of carbonyl (C=O) groups excluding carboxylic acids is 1. The number of hydrogen-bond donors (Lipinski definition) is 1. The van der Waals surface area contributed by atoms with Gasteiger partial charge in [-0.1, -0.05) is 11.6 Å². The lowest BCUT2D eigenvalue weighted by molar-refractivity contribution is 0.102. The molecule has 0 aliphatic carbocycles. The Bertz CT molecular complexity index is 860. The van der Waals surface area contributed by atoms with Crippen LogP contribution in [0, 0.1) is 0 Å². The Hall–Kier alpha value is -2.58. The Morgan fingerprint density at radius 3 is 2.75 bits per heavy atom. The van der Waals surface area contributed by atoms with Crippen LogP contribution in [0.25, 0.3) is 0 Å². The van der Waals surface area contributed by atoms with Gasteiger partial charge in [-0.25, -0.2) is 19.3 Å². The molecule has 0 radical (unpaired) electrons. The summed E-state index contributed by atoms with van der Waals surface area (Å²) in [6.45, 7) is -0.680. The summed E-state index contributed by atoms with van der Waals surface area (Å²) >= 11 is 7.18. The summed E-state index contributed by atoms with van der Waals surface area (Å²) in [5, 5.41) is 4.78. The minimum Gasteiger partial charge on any atom is -0.454 e. The maximum absolute atomic E-state index is 12.5. The molecule has 0 aliphatic heterocycles. The highest BCUT2D eigenvalue weighted by Gasteiger charge is 2.12. The average molecular weight is 365 g/mol. The molecular formula is C15H10ClFN4O2S. The van der Waals surface area contributed by atoms with Gasteiger partial charge in [-0.2, -0.15) is 0 Å². The second-order valence-corrected chi connectivity index (χ2v) is 5.88. The molecule has 1 aromatic carbocycles. The number of ether oxygens (including phenoxy) is 1. The van der Waals surface area contributed by atoms with E-state index in [-0.39, 0.29) is 11.3 Å². The monoisotopic (exact) mass is 364 g/mol. The number of carbonyl (C=O) groups is 1. The molecule has 9 heteroatoms. The van der Waals surface area contributed by atoms with Crippen molar-refractivity contribution in [2.45, 2.75) is 6.67 Å². The highest BCUT2D eigenvalue weighted by molar-refractivity contribution is 7.13. The van der Waals surface area contributed by atoms with Crippen molar-refractivity contribution in [1.29, 1.82) is 0 Å². The number of halogens is 2. The Morgan fingerprint density at radius 2 is 2.04 bits per heavy atom. The zero-order chi connectivity index (χ0) is 16.9. The molecule has 3 aromatic rings. The normalized spacial score (nSPS) is 10.4. The van der Waals surface area contributed by atoms with Crippen molar-refractivity contribution in [2.24, 2.45) is 0 Å².